The monoisotopic (exact) mass is 366 g/mol. The number of nitrogens with zero attached hydrogens (tertiary/aromatic N) is 1. The molecule has 0 unspecified atom stereocenters. The number of benzene rings is 2. The van der Waals surface area contributed by atoms with Gasteiger partial charge >= 0.3 is 0 Å². The molecule has 0 radical (unpaired) electrons. The number of amides is 1. The molecule has 4 nitrogen and oxygen atoms in total. The minimum absolute atomic E-state index is 0.296. The molecule has 0 aliphatic rings. The summed E-state index contributed by atoms with van der Waals surface area (Å²) in [6.07, 6.45) is 1.55. The third-order valence-electron chi connectivity index (χ3n) is 2.66. The van der Waals surface area contributed by atoms with E-state index in [1.165, 1.54) is 0 Å². The largest absolute Gasteiger partial charge is 0.496 e. The molecule has 0 aliphatic heterocycles. The number of nitrogens with one attached hydrogen (secondary N) is 1. The van der Waals surface area contributed by atoms with Gasteiger partial charge in [-0.3, -0.25) is 4.79 Å². The van der Waals surface area contributed by atoms with Gasteiger partial charge in [0.15, 0.2) is 0 Å². The molecule has 0 fully saturated rings. The van der Waals surface area contributed by atoms with E-state index < -0.39 is 0 Å². The molecule has 108 valence electrons. The van der Waals surface area contributed by atoms with Crippen LogP contribution in [0.25, 0.3) is 0 Å². The van der Waals surface area contributed by atoms with Crippen molar-refractivity contribution in [2.24, 2.45) is 5.10 Å². The summed E-state index contributed by atoms with van der Waals surface area (Å²) in [6, 6.07) is 12.1. The smallest absolute Gasteiger partial charge is 0.271 e. The van der Waals surface area contributed by atoms with E-state index in [2.05, 4.69) is 26.5 Å². The first-order chi connectivity index (χ1) is 10.1. The van der Waals surface area contributed by atoms with Crippen LogP contribution in [0.15, 0.2) is 52.0 Å². The lowest BCUT2D eigenvalue weighted by atomic mass is 10.2. The Morgan fingerprint density at radius 3 is 2.62 bits per heavy atom. The molecule has 0 aliphatic carbocycles. The maximum Gasteiger partial charge on any atom is 0.271 e. The lowest BCUT2D eigenvalue weighted by Crippen LogP contribution is -2.17. The number of carbonyl (C=O) groups is 1. The Balaban J connectivity index is 2.00. The molecule has 0 heterocycles. The molecule has 2 aromatic carbocycles. The van der Waals surface area contributed by atoms with Crippen LogP contribution in [0.3, 0.4) is 0 Å². The highest BCUT2D eigenvalue weighted by Crippen LogP contribution is 2.24. The second-order valence-electron chi connectivity index (χ2n) is 4.10. The molecule has 2 aromatic rings. The summed E-state index contributed by atoms with van der Waals surface area (Å²) in [7, 11) is 1.60. The van der Waals surface area contributed by atoms with E-state index in [1.807, 2.05) is 18.2 Å². The average molecular weight is 368 g/mol. The van der Waals surface area contributed by atoms with Crippen molar-refractivity contribution < 1.29 is 9.53 Å². The molecule has 1 N–H and O–H groups in total. The minimum atomic E-state index is -0.296. The zero-order valence-corrected chi connectivity index (χ0v) is 13.5. The molecule has 0 atom stereocenters. The Labute approximate surface area is 135 Å². The summed E-state index contributed by atoms with van der Waals surface area (Å²) in [5, 5.41) is 4.50. The van der Waals surface area contributed by atoms with Crippen molar-refractivity contribution in [3.8, 4) is 5.75 Å². The lowest BCUT2D eigenvalue weighted by molar-refractivity contribution is 0.0955. The lowest BCUT2D eigenvalue weighted by Gasteiger charge is -2.03. The highest BCUT2D eigenvalue weighted by Gasteiger charge is 2.03. The Bertz CT molecular complexity index is 672. The van der Waals surface area contributed by atoms with Gasteiger partial charge in [-0.25, -0.2) is 5.43 Å². The molecule has 6 heteroatoms. The molecular formula is C15H12BrClN2O2. The number of hydrogen-bond donors (Lipinski definition) is 1. The number of methoxy groups -OCH3 is 1. The van der Waals surface area contributed by atoms with Gasteiger partial charge in [-0.05, 0) is 64.0 Å². The van der Waals surface area contributed by atoms with Crippen LogP contribution in [0.4, 0.5) is 0 Å². The predicted molar refractivity (Wildman–Crippen MR) is 87.2 cm³/mol. The minimum Gasteiger partial charge on any atom is -0.496 e. The summed E-state index contributed by atoms with van der Waals surface area (Å²) < 4.78 is 5.96. The van der Waals surface area contributed by atoms with Crippen molar-refractivity contribution in [3.63, 3.8) is 0 Å². The summed E-state index contributed by atoms with van der Waals surface area (Å²) in [4.78, 5) is 11.8. The Morgan fingerprint density at radius 1 is 1.29 bits per heavy atom. The fourth-order valence-corrected chi connectivity index (χ4v) is 2.28. The number of hydrazone groups is 1. The molecule has 0 saturated carbocycles. The van der Waals surface area contributed by atoms with Gasteiger partial charge in [0.2, 0.25) is 0 Å². The van der Waals surface area contributed by atoms with Crippen molar-refractivity contribution >= 4 is 39.7 Å². The third kappa shape index (κ3) is 4.31. The average Bonchev–Trinajstić information content (AvgIpc) is 2.48. The van der Waals surface area contributed by atoms with Crippen LogP contribution in [0.5, 0.6) is 5.75 Å². The van der Waals surface area contributed by atoms with Gasteiger partial charge in [-0.15, -0.1) is 0 Å². The van der Waals surface area contributed by atoms with E-state index in [-0.39, 0.29) is 5.91 Å². The van der Waals surface area contributed by atoms with Crippen molar-refractivity contribution in [2.75, 3.05) is 7.11 Å². The summed E-state index contributed by atoms with van der Waals surface area (Å²) in [5.74, 6) is 0.438. The SMILES string of the molecule is COc1ccc(/C=N/NC(=O)c2ccc(Cl)cc2)cc1Br. The molecule has 0 saturated heterocycles. The summed E-state index contributed by atoms with van der Waals surface area (Å²) in [6.45, 7) is 0. The predicted octanol–water partition coefficient (Wildman–Crippen LogP) is 3.88. The van der Waals surface area contributed by atoms with Gasteiger partial charge in [-0.1, -0.05) is 11.6 Å². The van der Waals surface area contributed by atoms with Gasteiger partial charge in [0, 0.05) is 10.6 Å². The van der Waals surface area contributed by atoms with Crippen LogP contribution in [0.1, 0.15) is 15.9 Å². The molecule has 1 amide bonds. The van der Waals surface area contributed by atoms with Gasteiger partial charge in [-0.2, -0.15) is 5.10 Å². The highest BCUT2D eigenvalue weighted by molar-refractivity contribution is 9.10. The molecule has 2 rings (SSSR count). The molecular weight excluding hydrogens is 356 g/mol. The maximum absolute atomic E-state index is 11.8. The van der Waals surface area contributed by atoms with Crippen LogP contribution in [-0.2, 0) is 0 Å². The summed E-state index contributed by atoms with van der Waals surface area (Å²) in [5.41, 5.74) is 3.78. The quantitative estimate of drug-likeness (QED) is 0.659. The first-order valence-electron chi connectivity index (χ1n) is 6.02. The molecule has 0 bridgehead atoms. The molecule has 0 aromatic heterocycles. The van der Waals surface area contributed by atoms with Gasteiger partial charge in [0.1, 0.15) is 5.75 Å². The second-order valence-corrected chi connectivity index (χ2v) is 5.39. The molecule has 21 heavy (non-hydrogen) atoms. The van der Waals surface area contributed by atoms with Crippen molar-refractivity contribution in [1.29, 1.82) is 0 Å². The third-order valence-corrected chi connectivity index (χ3v) is 3.53. The zero-order chi connectivity index (χ0) is 15.2. The van der Waals surface area contributed by atoms with Crippen molar-refractivity contribution in [3.05, 3.63) is 63.1 Å². The van der Waals surface area contributed by atoms with Gasteiger partial charge in [0.05, 0.1) is 17.8 Å². The zero-order valence-electron chi connectivity index (χ0n) is 11.1. The van der Waals surface area contributed by atoms with E-state index in [4.69, 9.17) is 16.3 Å². The fraction of sp³-hybridized carbons (Fsp3) is 0.0667. The van der Waals surface area contributed by atoms with Crippen LogP contribution in [0, 0.1) is 0 Å². The van der Waals surface area contributed by atoms with Crippen LogP contribution in [0.2, 0.25) is 5.02 Å². The van der Waals surface area contributed by atoms with E-state index in [0.29, 0.717) is 10.6 Å². The maximum atomic E-state index is 11.8. The van der Waals surface area contributed by atoms with Gasteiger partial charge in [0.25, 0.3) is 5.91 Å². The molecule has 0 spiro atoms. The first kappa shape index (κ1) is 15.5. The number of halogens is 2. The van der Waals surface area contributed by atoms with E-state index in [1.54, 1.807) is 37.6 Å². The van der Waals surface area contributed by atoms with Crippen molar-refractivity contribution in [2.45, 2.75) is 0 Å². The Morgan fingerprint density at radius 2 is 2.00 bits per heavy atom. The normalized spacial score (nSPS) is 10.6. The Hall–Kier alpha value is -1.85. The standard InChI is InChI=1S/C15H12BrClN2O2/c1-21-14-7-2-10(8-13(14)16)9-18-19-15(20)11-3-5-12(17)6-4-11/h2-9H,1H3,(H,19,20)/b18-9+. The van der Waals surface area contributed by atoms with Crippen LogP contribution >= 0.6 is 27.5 Å². The van der Waals surface area contributed by atoms with E-state index in [0.717, 1.165) is 15.8 Å². The highest BCUT2D eigenvalue weighted by atomic mass is 79.9. The number of carbonyl (C=O) groups excluding carboxylic acids is 1. The first-order valence-corrected chi connectivity index (χ1v) is 7.20. The number of rotatable bonds is 4. The number of hydrogen-bond acceptors (Lipinski definition) is 3. The van der Waals surface area contributed by atoms with Crippen LogP contribution < -0.4 is 10.2 Å². The van der Waals surface area contributed by atoms with E-state index >= 15 is 0 Å². The summed E-state index contributed by atoms with van der Waals surface area (Å²) >= 11 is 9.15. The fourth-order valence-electron chi connectivity index (χ4n) is 1.59. The van der Waals surface area contributed by atoms with Gasteiger partial charge < -0.3 is 4.74 Å². The van der Waals surface area contributed by atoms with Crippen LogP contribution in [-0.4, -0.2) is 19.2 Å². The Kier molecular flexibility index (Phi) is 5.36. The second kappa shape index (κ2) is 7.24. The number of ether oxygens (including phenoxy) is 1. The van der Waals surface area contributed by atoms with E-state index in [9.17, 15) is 4.79 Å². The topological polar surface area (TPSA) is 50.7 Å². The van der Waals surface area contributed by atoms with Crippen molar-refractivity contribution in [1.82, 2.24) is 5.43 Å².